The number of esters is 5. The molecule has 1 heterocycles. The lowest BCUT2D eigenvalue weighted by Gasteiger charge is -2.48. The molecule has 38 heavy (non-hydrogen) atoms. The van der Waals surface area contributed by atoms with E-state index in [0.29, 0.717) is 11.8 Å². The third kappa shape index (κ3) is 9.04. The van der Waals surface area contributed by atoms with Gasteiger partial charge in [0.1, 0.15) is 18.8 Å². The number of carbonyl (C=O) groups is 6. The van der Waals surface area contributed by atoms with Crippen LogP contribution in [0.2, 0.25) is 0 Å². The van der Waals surface area contributed by atoms with Gasteiger partial charge in [-0.15, -0.1) is 11.8 Å². The van der Waals surface area contributed by atoms with Crippen molar-refractivity contribution in [2.24, 2.45) is 0 Å². The van der Waals surface area contributed by atoms with Crippen molar-refractivity contribution in [3.8, 4) is 0 Å². The van der Waals surface area contributed by atoms with E-state index in [1.165, 1.54) is 6.26 Å². The van der Waals surface area contributed by atoms with Crippen molar-refractivity contribution in [1.29, 1.82) is 0 Å². The van der Waals surface area contributed by atoms with Gasteiger partial charge in [0.2, 0.25) is 4.93 Å². The lowest BCUT2D eigenvalue weighted by molar-refractivity contribution is -0.226. The maximum absolute atomic E-state index is 13.2. The second-order valence-electron chi connectivity index (χ2n) is 7.90. The number of nitrogens with one attached hydrogen (secondary N) is 1. The van der Waals surface area contributed by atoms with Crippen LogP contribution in [0.15, 0.2) is 0 Å². The summed E-state index contributed by atoms with van der Waals surface area (Å²) in [7, 11) is 0.989. The summed E-state index contributed by atoms with van der Waals surface area (Å²) < 4.78 is 70.6. The Kier molecular flexibility index (Phi) is 11.8. The molecule has 0 saturated carbocycles. The second kappa shape index (κ2) is 13.6. The number of rotatable bonds is 10. The van der Waals surface area contributed by atoms with Gasteiger partial charge in [-0.25, -0.2) is 4.79 Å². The molecular weight excluding hydrogens is 547 g/mol. The van der Waals surface area contributed by atoms with Gasteiger partial charge >= 0.3 is 41.9 Å². The van der Waals surface area contributed by atoms with Crippen molar-refractivity contribution < 1.29 is 70.4 Å². The molecule has 1 saturated heterocycles. The SMILES string of the molecule is COC(=O)[C@]1(SC)C[C@H](OC(C)=O)[C@@H](NC(=O)C(F)(F)F)[C@@H]([C@H](OC(C)=O)[C@@H](COC(C)=O)OC(C)=O)O1. The number of halogens is 3. The molecule has 1 N–H and O–H groups in total. The number of methoxy groups -OCH3 is 1. The van der Waals surface area contributed by atoms with Crippen molar-refractivity contribution in [2.75, 3.05) is 20.0 Å². The Labute approximate surface area is 219 Å². The molecule has 1 rings (SSSR count). The molecular formula is C21H28F3NO12S. The Morgan fingerprint density at radius 2 is 1.58 bits per heavy atom. The Morgan fingerprint density at radius 1 is 1.00 bits per heavy atom. The minimum absolute atomic E-state index is 0.602. The number of amides is 1. The number of hydrogen-bond donors (Lipinski definition) is 1. The number of ether oxygens (including phenoxy) is 6. The number of hydrogen-bond acceptors (Lipinski definition) is 13. The molecule has 0 bridgehead atoms. The molecule has 0 radical (unpaired) electrons. The van der Waals surface area contributed by atoms with Gasteiger partial charge in [-0.05, 0) is 6.26 Å². The van der Waals surface area contributed by atoms with Gasteiger partial charge in [0.05, 0.1) is 13.2 Å². The first-order chi connectivity index (χ1) is 17.5. The van der Waals surface area contributed by atoms with Crippen LogP contribution in [0.25, 0.3) is 0 Å². The molecule has 1 aliphatic rings. The molecule has 1 fully saturated rings. The first-order valence-corrected chi connectivity index (χ1v) is 12.0. The van der Waals surface area contributed by atoms with Crippen molar-refractivity contribution in [3.63, 3.8) is 0 Å². The topological polar surface area (TPSA) is 170 Å². The Morgan fingerprint density at radius 3 is 2.00 bits per heavy atom. The lowest BCUT2D eigenvalue weighted by atomic mass is 9.89. The summed E-state index contributed by atoms with van der Waals surface area (Å²) >= 11 is 0.711. The molecule has 0 aromatic carbocycles. The average Bonchev–Trinajstić information content (AvgIpc) is 2.79. The zero-order valence-electron chi connectivity index (χ0n) is 21.2. The summed E-state index contributed by atoms with van der Waals surface area (Å²) in [6, 6.07) is -1.92. The average molecular weight is 576 g/mol. The highest BCUT2D eigenvalue weighted by atomic mass is 32.2. The van der Waals surface area contributed by atoms with Crippen molar-refractivity contribution in [3.05, 3.63) is 0 Å². The van der Waals surface area contributed by atoms with Gasteiger partial charge < -0.3 is 33.7 Å². The molecule has 1 amide bonds. The minimum atomic E-state index is -5.41. The summed E-state index contributed by atoms with van der Waals surface area (Å²) in [5, 5.41) is 1.64. The van der Waals surface area contributed by atoms with E-state index in [4.69, 9.17) is 28.4 Å². The molecule has 0 aliphatic carbocycles. The van der Waals surface area contributed by atoms with E-state index in [0.717, 1.165) is 34.8 Å². The fourth-order valence-electron chi connectivity index (χ4n) is 3.61. The van der Waals surface area contributed by atoms with E-state index in [1.54, 1.807) is 5.32 Å². The first-order valence-electron chi connectivity index (χ1n) is 10.8. The van der Waals surface area contributed by atoms with Gasteiger partial charge in [-0.1, -0.05) is 0 Å². The molecule has 0 spiro atoms. The van der Waals surface area contributed by atoms with E-state index in [1.807, 2.05) is 0 Å². The van der Waals surface area contributed by atoms with Crippen LogP contribution in [0.5, 0.6) is 0 Å². The molecule has 0 unspecified atom stereocenters. The third-order valence-corrected chi connectivity index (χ3v) is 6.10. The van der Waals surface area contributed by atoms with Gasteiger partial charge in [0.15, 0.2) is 12.2 Å². The van der Waals surface area contributed by atoms with Crippen molar-refractivity contribution in [2.45, 2.75) is 75.7 Å². The second-order valence-corrected chi connectivity index (χ2v) is 8.97. The number of alkyl halides is 3. The van der Waals surface area contributed by atoms with E-state index < -0.39 is 90.3 Å². The van der Waals surface area contributed by atoms with Gasteiger partial charge in [0, 0.05) is 34.1 Å². The van der Waals surface area contributed by atoms with Gasteiger partial charge in [-0.2, -0.15) is 13.2 Å². The van der Waals surface area contributed by atoms with Crippen molar-refractivity contribution in [1.82, 2.24) is 5.32 Å². The van der Waals surface area contributed by atoms with E-state index in [-0.39, 0.29) is 0 Å². The highest BCUT2D eigenvalue weighted by molar-refractivity contribution is 8.00. The number of thioether (sulfide) groups is 1. The molecule has 0 aromatic rings. The van der Waals surface area contributed by atoms with E-state index in [2.05, 4.69) is 0 Å². The smallest absolute Gasteiger partial charge is 0.466 e. The van der Waals surface area contributed by atoms with Crippen LogP contribution in [0.1, 0.15) is 34.1 Å². The Hall–Kier alpha value is -3.08. The van der Waals surface area contributed by atoms with Gasteiger partial charge in [-0.3, -0.25) is 24.0 Å². The summed E-state index contributed by atoms with van der Waals surface area (Å²) in [4.78, 5) is 69.7. The fourth-order valence-corrected chi connectivity index (χ4v) is 4.40. The predicted molar refractivity (Wildman–Crippen MR) is 119 cm³/mol. The van der Waals surface area contributed by atoms with Crippen LogP contribution in [0.3, 0.4) is 0 Å². The lowest BCUT2D eigenvalue weighted by Crippen LogP contribution is -2.68. The van der Waals surface area contributed by atoms with Crippen LogP contribution in [0, 0.1) is 0 Å². The summed E-state index contributed by atoms with van der Waals surface area (Å²) in [5.74, 6) is -7.43. The summed E-state index contributed by atoms with van der Waals surface area (Å²) in [6.45, 7) is 3.01. The van der Waals surface area contributed by atoms with Gasteiger partial charge in [0.25, 0.3) is 0 Å². The summed E-state index contributed by atoms with van der Waals surface area (Å²) in [6.07, 6.45) is -11.9. The highest BCUT2D eigenvalue weighted by Gasteiger charge is 2.59. The molecule has 216 valence electrons. The Bertz CT molecular complexity index is 930. The van der Waals surface area contributed by atoms with E-state index >= 15 is 0 Å². The van der Waals surface area contributed by atoms with Crippen LogP contribution < -0.4 is 5.32 Å². The molecule has 13 nitrogen and oxygen atoms in total. The minimum Gasteiger partial charge on any atom is -0.466 e. The molecule has 17 heteroatoms. The molecule has 6 atom stereocenters. The first kappa shape index (κ1) is 32.9. The van der Waals surface area contributed by atoms with Crippen LogP contribution in [-0.2, 0) is 57.2 Å². The van der Waals surface area contributed by atoms with Crippen LogP contribution in [0.4, 0.5) is 13.2 Å². The predicted octanol–water partition coefficient (Wildman–Crippen LogP) is 0.413. The molecule has 1 aliphatic heterocycles. The standard InChI is InChI=1S/C21H28F3NO12S/c1-9(26)33-8-14(35-11(3)28)16(36-12(4)29)17-15(25-18(30)21(22,23)24)13(34-10(2)27)7-20(37-17,38-6)19(31)32-5/h13-17H,7-8H2,1-6H3,(H,25,30)/t13-,14+,15+,16+,17-,20+/m0/s1. The third-order valence-electron chi connectivity index (χ3n) is 5.01. The quantitative estimate of drug-likeness (QED) is 0.281. The largest absolute Gasteiger partial charge is 0.471 e. The van der Waals surface area contributed by atoms with Crippen LogP contribution >= 0.6 is 11.8 Å². The fraction of sp³-hybridized carbons (Fsp3) is 0.714. The maximum atomic E-state index is 13.2. The van der Waals surface area contributed by atoms with E-state index in [9.17, 15) is 41.9 Å². The normalized spacial score (nSPS) is 24.7. The molecule has 0 aromatic heterocycles. The van der Waals surface area contributed by atoms with Crippen LogP contribution in [-0.4, -0.2) is 97.3 Å². The van der Waals surface area contributed by atoms with Crippen molar-refractivity contribution >= 4 is 47.5 Å². The number of carbonyl (C=O) groups excluding carboxylic acids is 6. The maximum Gasteiger partial charge on any atom is 0.471 e. The highest BCUT2D eigenvalue weighted by Crippen LogP contribution is 2.42. The monoisotopic (exact) mass is 575 g/mol. The Balaban J connectivity index is 3.83. The summed E-state index contributed by atoms with van der Waals surface area (Å²) in [5.41, 5.74) is 0. The zero-order chi connectivity index (χ0) is 29.4. The zero-order valence-corrected chi connectivity index (χ0v) is 22.1.